The number of benzene rings is 1. The van der Waals surface area contributed by atoms with Crippen LogP contribution < -0.4 is 4.90 Å². The van der Waals surface area contributed by atoms with E-state index in [1.807, 2.05) is 0 Å². The van der Waals surface area contributed by atoms with E-state index >= 15 is 0 Å². The lowest BCUT2D eigenvalue weighted by Gasteiger charge is -2.17. The Morgan fingerprint density at radius 2 is 2.00 bits per heavy atom. The number of ketones is 1. The Labute approximate surface area is 121 Å². The van der Waals surface area contributed by atoms with E-state index in [1.165, 1.54) is 0 Å². The van der Waals surface area contributed by atoms with E-state index in [-0.39, 0.29) is 18.9 Å². The number of hydrogen-bond donors (Lipinski definition) is 0. The van der Waals surface area contributed by atoms with Crippen molar-refractivity contribution in [2.75, 3.05) is 24.6 Å². The quantitative estimate of drug-likeness (QED) is 0.636. The second-order valence-corrected chi connectivity index (χ2v) is 5.15. The highest BCUT2D eigenvalue weighted by Crippen LogP contribution is 2.28. The zero-order chi connectivity index (χ0) is 14.0. The number of halogens is 2. The predicted molar refractivity (Wildman–Crippen MR) is 73.8 cm³/mol. The number of carbonyl (C=O) groups is 2. The molecule has 1 unspecified atom stereocenters. The summed E-state index contributed by atoms with van der Waals surface area (Å²) in [5.74, 6) is -1.34. The molecule has 6 heteroatoms. The van der Waals surface area contributed by atoms with E-state index in [2.05, 4.69) is 0 Å². The molecule has 0 saturated carbocycles. The summed E-state index contributed by atoms with van der Waals surface area (Å²) in [7, 11) is 0. The minimum Gasteiger partial charge on any atom is -0.465 e. The summed E-state index contributed by atoms with van der Waals surface area (Å²) in [5.41, 5.74) is 0.734. The molecule has 0 amide bonds. The van der Waals surface area contributed by atoms with Crippen molar-refractivity contribution >= 4 is 40.6 Å². The fraction of sp³-hybridized carbons (Fsp3) is 0.385. The van der Waals surface area contributed by atoms with Crippen LogP contribution in [0, 0.1) is 5.92 Å². The van der Waals surface area contributed by atoms with Crippen LogP contribution >= 0.6 is 23.2 Å². The van der Waals surface area contributed by atoms with Gasteiger partial charge >= 0.3 is 5.97 Å². The number of carbonyl (C=O) groups excluding carboxylic acids is 2. The van der Waals surface area contributed by atoms with Gasteiger partial charge in [-0.15, -0.1) is 0 Å². The highest BCUT2D eigenvalue weighted by atomic mass is 35.5. The van der Waals surface area contributed by atoms with Crippen LogP contribution in [0.3, 0.4) is 0 Å². The van der Waals surface area contributed by atoms with E-state index in [4.69, 9.17) is 27.9 Å². The minimum atomic E-state index is -0.724. The fourth-order valence-electron chi connectivity index (χ4n) is 2.05. The Balaban J connectivity index is 2.16. The number of hydrogen-bond acceptors (Lipinski definition) is 4. The molecule has 0 N–H and O–H groups in total. The van der Waals surface area contributed by atoms with Gasteiger partial charge in [0.1, 0.15) is 5.92 Å². The van der Waals surface area contributed by atoms with Gasteiger partial charge in [0.25, 0.3) is 0 Å². The molecule has 0 bridgehead atoms. The summed E-state index contributed by atoms with van der Waals surface area (Å²) in [6.07, 6.45) is 0. The van der Waals surface area contributed by atoms with Crippen LogP contribution in [0.4, 0.5) is 5.69 Å². The molecule has 0 aliphatic carbocycles. The van der Waals surface area contributed by atoms with Crippen LogP contribution in [0.1, 0.15) is 6.92 Å². The van der Waals surface area contributed by atoms with Gasteiger partial charge in [-0.05, 0) is 25.1 Å². The van der Waals surface area contributed by atoms with Gasteiger partial charge in [-0.3, -0.25) is 9.59 Å². The molecule has 19 heavy (non-hydrogen) atoms. The Morgan fingerprint density at radius 1 is 1.37 bits per heavy atom. The molecule has 1 aliphatic rings. The van der Waals surface area contributed by atoms with Gasteiger partial charge < -0.3 is 9.64 Å². The zero-order valence-corrected chi connectivity index (χ0v) is 11.9. The molecule has 0 aromatic heterocycles. The molecule has 2 rings (SSSR count). The van der Waals surface area contributed by atoms with Gasteiger partial charge in [-0.1, -0.05) is 23.2 Å². The van der Waals surface area contributed by atoms with Crippen molar-refractivity contribution in [2.24, 2.45) is 5.92 Å². The first-order chi connectivity index (χ1) is 9.01. The van der Waals surface area contributed by atoms with Crippen LogP contribution in [0.2, 0.25) is 10.0 Å². The van der Waals surface area contributed by atoms with Crippen molar-refractivity contribution in [1.29, 1.82) is 0 Å². The van der Waals surface area contributed by atoms with Crippen LogP contribution in [0.5, 0.6) is 0 Å². The summed E-state index contributed by atoms with van der Waals surface area (Å²) in [6, 6.07) is 5.05. The molecule has 4 nitrogen and oxygen atoms in total. The molecule has 0 radical (unpaired) electrons. The van der Waals surface area contributed by atoms with Crippen molar-refractivity contribution in [3.05, 3.63) is 28.2 Å². The average Bonchev–Trinajstić information content (AvgIpc) is 2.70. The molecule has 1 aromatic carbocycles. The number of esters is 1. The third kappa shape index (κ3) is 3.19. The molecule has 0 spiro atoms. The summed E-state index contributed by atoms with van der Waals surface area (Å²) in [4.78, 5) is 25.3. The molecule has 1 heterocycles. The highest BCUT2D eigenvalue weighted by Gasteiger charge is 2.37. The predicted octanol–water partition coefficient (Wildman–Crippen LogP) is 2.56. The molecule has 1 saturated heterocycles. The van der Waals surface area contributed by atoms with Gasteiger partial charge in [-0.2, -0.15) is 0 Å². The van der Waals surface area contributed by atoms with Gasteiger partial charge in [0, 0.05) is 22.3 Å². The summed E-state index contributed by atoms with van der Waals surface area (Å²) >= 11 is 11.9. The molecular formula is C13H13Cl2NO3. The average molecular weight is 302 g/mol. The van der Waals surface area contributed by atoms with E-state index in [1.54, 1.807) is 30.0 Å². The maximum atomic E-state index is 11.8. The van der Waals surface area contributed by atoms with Gasteiger partial charge in [0.05, 0.1) is 13.2 Å². The van der Waals surface area contributed by atoms with Crippen molar-refractivity contribution in [2.45, 2.75) is 6.92 Å². The first-order valence-corrected chi connectivity index (χ1v) is 6.67. The normalized spacial score (nSPS) is 18.8. The fourth-order valence-corrected chi connectivity index (χ4v) is 2.57. The van der Waals surface area contributed by atoms with Crippen LogP contribution in [-0.2, 0) is 14.3 Å². The summed E-state index contributed by atoms with van der Waals surface area (Å²) < 4.78 is 4.89. The smallest absolute Gasteiger partial charge is 0.318 e. The standard InChI is InChI=1S/C13H13Cl2NO3/c1-2-19-13(18)11-6-16(7-12(11)17)10-4-8(14)3-9(15)5-10/h3-5,11H,2,6-7H2,1H3. The van der Waals surface area contributed by atoms with Crippen molar-refractivity contribution in [3.8, 4) is 0 Å². The SMILES string of the molecule is CCOC(=O)C1CN(c2cc(Cl)cc(Cl)c2)CC1=O. The van der Waals surface area contributed by atoms with Gasteiger partial charge in [0.2, 0.25) is 0 Å². The third-order valence-electron chi connectivity index (χ3n) is 2.92. The Bertz CT molecular complexity index is 498. The lowest BCUT2D eigenvalue weighted by Crippen LogP contribution is -2.25. The number of ether oxygens (including phenoxy) is 1. The van der Waals surface area contributed by atoms with Gasteiger partial charge in [0.15, 0.2) is 5.78 Å². The lowest BCUT2D eigenvalue weighted by molar-refractivity contribution is -0.149. The molecule has 1 atom stereocenters. The van der Waals surface area contributed by atoms with Crippen molar-refractivity contribution < 1.29 is 14.3 Å². The first-order valence-electron chi connectivity index (χ1n) is 5.91. The maximum Gasteiger partial charge on any atom is 0.318 e. The van der Waals surface area contributed by atoms with Crippen LogP contribution in [-0.4, -0.2) is 31.4 Å². The molecule has 1 aliphatic heterocycles. The van der Waals surface area contributed by atoms with E-state index in [9.17, 15) is 9.59 Å². The van der Waals surface area contributed by atoms with Crippen LogP contribution in [0.15, 0.2) is 18.2 Å². The number of anilines is 1. The molecular weight excluding hydrogens is 289 g/mol. The van der Waals surface area contributed by atoms with Gasteiger partial charge in [-0.25, -0.2) is 0 Å². The summed E-state index contributed by atoms with van der Waals surface area (Å²) in [5, 5.41) is 0.990. The second kappa shape index (κ2) is 5.80. The Kier molecular flexibility index (Phi) is 4.32. The van der Waals surface area contributed by atoms with E-state index in [0.29, 0.717) is 16.6 Å². The zero-order valence-electron chi connectivity index (χ0n) is 10.4. The lowest BCUT2D eigenvalue weighted by atomic mass is 10.1. The van der Waals surface area contributed by atoms with E-state index in [0.717, 1.165) is 5.69 Å². The monoisotopic (exact) mass is 301 g/mol. The number of Topliss-reactive ketones (excluding diaryl/α,β-unsaturated/α-hetero) is 1. The number of nitrogens with zero attached hydrogens (tertiary/aromatic N) is 1. The Morgan fingerprint density at radius 3 is 2.58 bits per heavy atom. The highest BCUT2D eigenvalue weighted by molar-refractivity contribution is 6.35. The Hall–Kier alpha value is -1.26. The molecule has 1 fully saturated rings. The van der Waals surface area contributed by atoms with Crippen molar-refractivity contribution in [1.82, 2.24) is 0 Å². The third-order valence-corrected chi connectivity index (χ3v) is 3.36. The second-order valence-electron chi connectivity index (χ2n) is 4.28. The molecule has 1 aromatic rings. The molecule has 102 valence electrons. The van der Waals surface area contributed by atoms with Crippen molar-refractivity contribution in [3.63, 3.8) is 0 Å². The maximum absolute atomic E-state index is 11.8. The minimum absolute atomic E-state index is 0.144. The summed E-state index contributed by atoms with van der Waals surface area (Å²) in [6.45, 7) is 2.45. The van der Waals surface area contributed by atoms with Crippen LogP contribution in [0.25, 0.3) is 0 Å². The largest absolute Gasteiger partial charge is 0.465 e. The first kappa shape index (κ1) is 14.2. The topological polar surface area (TPSA) is 46.6 Å². The van der Waals surface area contributed by atoms with E-state index < -0.39 is 11.9 Å². The number of rotatable bonds is 3.